The summed E-state index contributed by atoms with van der Waals surface area (Å²) in [7, 11) is -3.63. The number of benzene rings is 1. The second-order valence-electron chi connectivity index (χ2n) is 9.48. The van der Waals surface area contributed by atoms with Crippen molar-refractivity contribution >= 4 is 26.8 Å². The third-order valence-corrected chi connectivity index (χ3v) is 7.56. The van der Waals surface area contributed by atoms with Crippen LogP contribution in [0.3, 0.4) is 0 Å². The van der Waals surface area contributed by atoms with Crippen LogP contribution in [0.4, 0.5) is 0 Å². The maximum absolute atomic E-state index is 13.6. The number of hydrogen-bond acceptors (Lipinski definition) is 4. The number of rotatable bonds is 8. The normalized spacial score (nSPS) is 18.0. The number of fused-ring (bicyclic) bond motifs is 1. The minimum atomic E-state index is -3.63. The first-order chi connectivity index (χ1) is 15.7. The van der Waals surface area contributed by atoms with Crippen LogP contribution >= 0.6 is 0 Å². The molecule has 1 saturated carbocycles. The predicted octanol–water partition coefficient (Wildman–Crippen LogP) is 3.43. The van der Waals surface area contributed by atoms with Crippen LogP contribution in [0.5, 0.6) is 0 Å². The smallest absolute Gasteiger partial charge is 0.241 e. The number of pyridine rings is 1. The van der Waals surface area contributed by atoms with Crippen molar-refractivity contribution in [3.05, 3.63) is 66.1 Å². The number of hydrogen-bond donors (Lipinski definition) is 3. The fourth-order valence-electron chi connectivity index (χ4n) is 5.10. The quantitative estimate of drug-likeness (QED) is 0.471. The molecule has 1 amide bonds. The van der Waals surface area contributed by atoms with Gasteiger partial charge in [0.1, 0.15) is 5.54 Å². The van der Waals surface area contributed by atoms with Crippen molar-refractivity contribution in [3.63, 3.8) is 0 Å². The Balaban J connectivity index is 1.60. The molecule has 8 heteroatoms. The molecule has 0 spiro atoms. The van der Waals surface area contributed by atoms with Gasteiger partial charge in [0.25, 0.3) is 0 Å². The molecule has 7 nitrogen and oxygen atoms in total. The van der Waals surface area contributed by atoms with Crippen LogP contribution in [-0.2, 0) is 26.7 Å². The van der Waals surface area contributed by atoms with Crippen molar-refractivity contribution in [1.82, 2.24) is 20.0 Å². The number of nitrogens with zero attached hydrogens (tertiary/aromatic N) is 1. The monoisotopic (exact) mass is 468 g/mol. The topological polar surface area (TPSA) is 104 Å². The third-order valence-electron chi connectivity index (χ3n) is 6.74. The molecule has 0 bridgehead atoms. The van der Waals surface area contributed by atoms with E-state index in [1.807, 2.05) is 48.7 Å². The van der Waals surface area contributed by atoms with Gasteiger partial charge in [0.05, 0.1) is 6.26 Å². The molecular formula is C25H32N4O3S. The Bertz CT molecular complexity index is 1220. The largest absolute Gasteiger partial charge is 0.361 e. The summed E-state index contributed by atoms with van der Waals surface area (Å²) in [6.07, 6.45) is 10.2. The molecule has 4 rings (SSSR count). The van der Waals surface area contributed by atoms with Crippen molar-refractivity contribution in [2.75, 3.05) is 12.8 Å². The molecule has 1 atom stereocenters. The molecule has 3 N–H and O–H groups in total. The Labute approximate surface area is 195 Å². The summed E-state index contributed by atoms with van der Waals surface area (Å²) >= 11 is 0. The number of H-pyrrole nitrogens is 1. The third kappa shape index (κ3) is 5.28. The number of sulfonamides is 1. The average Bonchev–Trinajstić information content (AvgIpc) is 3.20. The molecule has 1 fully saturated rings. The Hall–Kier alpha value is -2.71. The zero-order valence-electron chi connectivity index (χ0n) is 19.2. The summed E-state index contributed by atoms with van der Waals surface area (Å²) in [6, 6.07) is 13.7. The number of nitrogens with one attached hydrogen (secondary N) is 3. The molecule has 0 saturated heterocycles. The molecule has 33 heavy (non-hydrogen) atoms. The minimum absolute atomic E-state index is 0.229. The molecule has 2 aromatic heterocycles. The fraction of sp³-hybridized carbons (Fsp3) is 0.440. The summed E-state index contributed by atoms with van der Waals surface area (Å²) in [5.41, 5.74) is 1.25. The highest BCUT2D eigenvalue weighted by atomic mass is 32.2. The molecular weight excluding hydrogens is 436 g/mol. The fourth-order valence-corrected chi connectivity index (χ4v) is 6.09. The summed E-state index contributed by atoms with van der Waals surface area (Å²) in [4.78, 5) is 21.4. The van der Waals surface area contributed by atoms with Gasteiger partial charge in [-0.25, -0.2) is 8.42 Å². The first-order valence-corrected chi connectivity index (χ1v) is 13.3. The van der Waals surface area contributed by atoms with E-state index in [0.29, 0.717) is 6.54 Å². The molecule has 0 aliphatic heterocycles. The summed E-state index contributed by atoms with van der Waals surface area (Å²) in [5, 5.41) is 4.08. The highest BCUT2D eigenvalue weighted by molar-refractivity contribution is 7.88. The number of aromatic amines is 1. The van der Waals surface area contributed by atoms with Gasteiger partial charge < -0.3 is 10.3 Å². The van der Waals surface area contributed by atoms with Gasteiger partial charge in [-0.2, -0.15) is 4.72 Å². The first kappa shape index (κ1) is 23.4. The molecule has 1 aromatic carbocycles. The highest BCUT2D eigenvalue weighted by Gasteiger charge is 2.40. The van der Waals surface area contributed by atoms with Gasteiger partial charge in [0, 0.05) is 47.4 Å². The van der Waals surface area contributed by atoms with Gasteiger partial charge in [0.15, 0.2) is 0 Å². The number of para-hydroxylation sites is 1. The van der Waals surface area contributed by atoms with Crippen LogP contribution in [0.2, 0.25) is 0 Å². The standard InChI is InChI=1S/C25H32N4O3S/c1-24(29-33(2,31)32,16-19-17-27-21-11-5-4-10-20(19)21)23(30)28-18-25(13-7-3-8-14-25)22-12-6-9-15-26-22/h4-6,9-12,15,17,27,29H,3,7-8,13-14,16,18H2,1-2H3,(H,28,30)/t24-/m0/s1. The van der Waals surface area contributed by atoms with Crippen LogP contribution < -0.4 is 10.0 Å². The minimum Gasteiger partial charge on any atom is -0.361 e. The van der Waals surface area contributed by atoms with Crippen LogP contribution in [0.1, 0.15) is 50.3 Å². The van der Waals surface area contributed by atoms with Gasteiger partial charge in [-0.15, -0.1) is 0 Å². The average molecular weight is 469 g/mol. The summed E-state index contributed by atoms with van der Waals surface area (Å²) < 4.78 is 27.1. The van der Waals surface area contributed by atoms with Gasteiger partial charge in [-0.3, -0.25) is 9.78 Å². The van der Waals surface area contributed by atoms with Gasteiger partial charge in [-0.1, -0.05) is 43.5 Å². The Morgan fingerprint density at radius 3 is 2.55 bits per heavy atom. The second kappa shape index (κ2) is 9.27. The molecule has 0 radical (unpaired) electrons. The molecule has 0 unspecified atom stereocenters. The summed E-state index contributed by atoms with van der Waals surface area (Å²) in [5.74, 6) is -0.334. The van der Waals surface area contributed by atoms with Crippen molar-refractivity contribution in [2.45, 2.75) is 56.4 Å². The highest BCUT2D eigenvalue weighted by Crippen LogP contribution is 2.38. The number of carbonyl (C=O) groups excluding carboxylic acids is 1. The van der Waals surface area contributed by atoms with Crippen LogP contribution in [-0.4, -0.2) is 42.6 Å². The van der Waals surface area contributed by atoms with Crippen LogP contribution in [0.25, 0.3) is 10.9 Å². The lowest BCUT2D eigenvalue weighted by atomic mass is 9.71. The molecule has 2 heterocycles. The van der Waals surface area contributed by atoms with E-state index < -0.39 is 15.6 Å². The van der Waals surface area contributed by atoms with Gasteiger partial charge in [-0.05, 0) is 43.5 Å². The SMILES string of the molecule is C[C@@](Cc1c[nH]c2ccccc12)(NS(C)(=O)=O)C(=O)NCC1(c2ccccn2)CCCCC1. The van der Waals surface area contributed by atoms with E-state index in [4.69, 9.17) is 0 Å². The first-order valence-electron chi connectivity index (χ1n) is 11.4. The molecule has 1 aliphatic rings. The number of amides is 1. The van der Waals surface area contributed by atoms with Crippen molar-refractivity contribution in [3.8, 4) is 0 Å². The predicted molar refractivity (Wildman–Crippen MR) is 130 cm³/mol. The van der Waals surface area contributed by atoms with E-state index >= 15 is 0 Å². The molecule has 1 aliphatic carbocycles. The number of carbonyl (C=O) groups is 1. The lowest BCUT2D eigenvalue weighted by Crippen LogP contribution is -2.59. The lowest BCUT2D eigenvalue weighted by molar-refractivity contribution is -0.126. The Morgan fingerprint density at radius 1 is 1.12 bits per heavy atom. The van der Waals surface area contributed by atoms with E-state index in [2.05, 4.69) is 20.0 Å². The van der Waals surface area contributed by atoms with E-state index in [1.165, 1.54) is 6.42 Å². The van der Waals surface area contributed by atoms with E-state index in [0.717, 1.165) is 54.1 Å². The Morgan fingerprint density at radius 2 is 1.85 bits per heavy atom. The van der Waals surface area contributed by atoms with E-state index in [1.54, 1.807) is 13.1 Å². The van der Waals surface area contributed by atoms with E-state index in [-0.39, 0.29) is 17.7 Å². The molecule has 3 aromatic rings. The Kier molecular flexibility index (Phi) is 6.59. The van der Waals surface area contributed by atoms with Crippen LogP contribution in [0, 0.1) is 0 Å². The van der Waals surface area contributed by atoms with Crippen molar-refractivity contribution < 1.29 is 13.2 Å². The van der Waals surface area contributed by atoms with E-state index in [9.17, 15) is 13.2 Å². The van der Waals surface area contributed by atoms with Gasteiger partial charge >= 0.3 is 0 Å². The summed E-state index contributed by atoms with van der Waals surface area (Å²) in [6.45, 7) is 2.08. The molecule has 176 valence electrons. The maximum Gasteiger partial charge on any atom is 0.241 e. The number of aromatic nitrogens is 2. The maximum atomic E-state index is 13.6. The zero-order valence-corrected chi connectivity index (χ0v) is 20.0. The lowest BCUT2D eigenvalue weighted by Gasteiger charge is -2.38. The zero-order chi connectivity index (χ0) is 23.5. The van der Waals surface area contributed by atoms with Crippen molar-refractivity contribution in [1.29, 1.82) is 0 Å². The van der Waals surface area contributed by atoms with Crippen LogP contribution in [0.15, 0.2) is 54.9 Å². The second-order valence-corrected chi connectivity index (χ2v) is 11.2. The van der Waals surface area contributed by atoms with Gasteiger partial charge in [0.2, 0.25) is 15.9 Å². The van der Waals surface area contributed by atoms with Crippen molar-refractivity contribution in [2.24, 2.45) is 0 Å².